The van der Waals surface area contributed by atoms with Gasteiger partial charge in [-0.15, -0.1) is 11.3 Å². The number of nitrogens with one attached hydrogen (secondary N) is 1. The zero-order valence-electron chi connectivity index (χ0n) is 9.83. The maximum absolute atomic E-state index is 5.38. The Morgan fingerprint density at radius 2 is 2.11 bits per heavy atom. The summed E-state index contributed by atoms with van der Waals surface area (Å²) < 4.78 is 5.38. The molecular formula is C14H9N3OS. The van der Waals surface area contributed by atoms with Crippen molar-refractivity contribution in [2.75, 3.05) is 0 Å². The third kappa shape index (κ3) is 1.67. The lowest BCUT2D eigenvalue weighted by atomic mass is 10.1. The van der Waals surface area contributed by atoms with Crippen LogP contribution in [0.25, 0.3) is 33.1 Å². The first kappa shape index (κ1) is 10.5. The first-order valence-corrected chi connectivity index (χ1v) is 6.74. The van der Waals surface area contributed by atoms with Crippen LogP contribution in [-0.4, -0.2) is 15.1 Å². The molecule has 0 saturated heterocycles. The monoisotopic (exact) mass is 267 g/mol. The molecule has 3 aromatic heterocycles. The summed E-state index contributed by atoms with van der Waals surface area (Å²) in [5.74, 6) is 1.19. The molecular weight excluding hydrogens is 258 g/mol. The van der Waals surface area contributed by atoms with E-state index in [-0.39, 0.29) is 0 Å². The van der Waals surface area contributed by atoms with Crippen LogP contribution in [0.15, 0.2) is 52.5 Å². The Balaban J connectivity index is 1.87. The number of H-pyrrole nitrogens is 1. The van der Waals surface area contributed by atoms with Gasteiger partial charge in [0.15, 0.2) is 0 Å². The topological polar surface area (TPSA) is 54.7 Å². The van der Waals surface area contributed by atoms with Crippen molar-refractivity contribution < 1.29 is 4.52 Å². The summed E-state index contributed by atoms with van der Waals surface area (Å²) in [4.78, 5) is 8.66. The van der Waals surface area contributed by atoms with Gasteiger partial charge in [0.05, 0.1) is 4.88 Å². The molecule has 3 heterocycles. The van der Waals surface area contributed by atoms with Gasteiger partial charge in [0.25, 0.3) is 5.89 Å². The van der Waals surface area contributed by atoms with Crippen LogP contribution in [-0.2, 0) is 0 Å². The summed E-state index contributed by atoms with van der Waals surface area (Å²) >= 11 is 1.60. The van der Waals surface area contributed by atoms with Crippen molar-refractivity contribution in [3.63, 3.8) is 0 Å². The van der Waals surface area contributed by atoms with E-state index in [4.69, 9.17) is 4.52 Å². The number of nitrogens with zero attached hydrogens (tertiary/aromatic N) is 2. The molecule has 0 fully saturated rings. The smallest absolute Gasteiger partial charge is 0.258 e. The molecule has 0 spiro atoms. The van der Waals surface area contributed by atoms with Gasteiger partial charge in [-0.2, -0.15) is 4.98 Å². The van der Waals surface area contributed by atoms with E-state index in [9.17, 15) is 0 Å². The maximum Gasteiger partial charge on any atom is 0.258 e. The molecule has 4 nitrogen and oxygen atoms in total. The van der Waals surface area contributed by atoms with Crippen LogP contribution in [0.1, 0.15) is 0 Å². The highest BCUT2D eigenvalue weighted by atomic mass is 32.1. The first-order chi connectivity index (χ1) is 9.42. The molecule has 0 radical (unpaired) electrons. The molecule has 0 aliphatic carbocycles. The van der Waals surface area contributed by atoms with Gasteiger partial charge in [0.2, 0.25) is 5.82 Å². The van der Waals surface area contributed by atoms with Gasteiger partial charge in [-0.3, -0.25) is 0 Å². The van der Waals surface area contributed by atoms with Gasteiger partial charge in [-0.05, 0) is 29.6 Å². The highest BCUT2D eigenvalue weighted by molar-refractivity contribution is 7.13. The third-order valence-corrected chi connectivity index (χ3v) is 3.86. The number of fused-ring (bicyclic) bond motifs is 1. The highest BCUT2D eigenvalue weighted by Crippen LogP contribution is 2.29. The minimum absolute atomic E-state index is 0.550. The molecule has 5 heteroatoms. The molecule has 0 bridgehead atoms. The molecule has 0 aliphatic rings. The summed E-state index contributed by atoms with van der Waals surface area (Å²) in [6.45, 7) is 0. The van der Waals surface area contributed by atoms with E-state index >= 15 is 0 Å². The van der Waals surface area contributed by atoms with Crippen molar-refractivity contribution in [1.29, 1.82) is 0 Å². The molecule has 19 heavy (non-hydrogen) atoms. The van der Waals surface area contributed by atoms with Crippen molar-refractivity contribution in [1.82, 2.24) is 15.1 Å². The lowest BCUT2D eigenvalue weighted by molar-refractivity contribution is 0.433. The van der Waals surface area contributed by atoms with Crippen LogP contribution >= 0.6 is 11.3 Å². The average Bonchev–Trinajstić information content (AvgIpc) is 3.18. The summed E-state index contributed by atoms with van der Waals surface area (Å²) in [7, 11) is 0. The van der Waals surface area contributed by atoms with Gasteiger partial charge < -0.3 is 9.51 Å². The van der Waals surface area contributed by atoms with Gasteiger partial charge in [0, 0.05) is 22.7 Å². The zero-order chi connectivity index (χ0) is 12.7. The SMILES string of the molecule is c1csc(-c2noc(-c3cccc4[nH]ccc34)n2)c1. The van der Waals surface area contributed by atoms with E-state index in [1.807, 2.05) is 48.0 Å². The van der Waals surface area contributed by atoms with Crippen molar-refractivity contribution in [2.24, 2.45) is 0 Å². The van der Waals surface area contributed by atoms with Crippen molar-refractivity contribution in [3.8, 4) is 22.2 Å². The van der Waals surface area contributed by atoms with Crippen LogP contribution < -0.4 is 0 Å². The summed E-state index contributed by atoms with van der Waals surface area (Å²) in [6, 6.07) is 12.0. The summed E-state index contributed by atoms with van der Waals surface area (Å²) in [5, 5.41) is 7.13. The standard InChI is InChI=1S/C14H9N3OS/c1-3-10(9-6-7-15-11(9)4-1)14-16-13(17-18-14)12-5-2-8-19-12/h1-8,15H. The van der Waals surface area contributed by atoms with Crippen LogP contribution in [0, 0.1) is 0 Å². The number of benzene rings is 1. The van der Waals surface area contributed by atoms with Crippen molar-refractivity contribution in [2.45, 2.75) is 0 Å². The number of hydrogen-bond donors (Lipinski definition) is 1. The van der Waals surface area contributed by atoms with Gasteiger partial charge in [-0.25, -0.2) is 0 Å². The molecule has 92 valence electrons. The number of aromatic nitrogens is 3. The second-order valence-electron chi connectivity index (χ2n) is 4.14. The second kappa shape index (κ2) is 4.07. The fourth-order valence-electron chi connectivity index (χ4n) is 2.11. The van der Waals surface area contributed by atoms with E-state index < -0.39 is 0 Å². The lowest BCUT2D eigenvalue weighted by Gasteiger charge is -1.96. The van der Waals surface area contributed by atoms with Gasteiger partial charge in [0.1, 0.15) is 0 Å². The highest BCUT2D eigenvalue weighted by Gasteiger charge is 2.13. The third-order valence-electron chi connectivity index (χ3n) is 2.99. The minimum atomic E-state index is 0.550. The van der Waals surface area contributed by atoms with Crippen LogP contribution in [0.3, 0.4) is 0 Å². The normalized spacial score (nSPS) is 11.2. The number of hydrogen-bond acceptors (Lipinski definition) is 4. The number of aromatic amines is 1. The second-order valence-corrected chi connectivity index (χ2v) is 5.09. The Bertz CT molecular complexity index is 829. The Morgan fingerprint density at radius 3 is 3.00 bits per heavy atom. The predicted octanol–water partition coefficient (Wildman–Crippen LogP) is 3.95. The quantitative estimate of drug-likeness (QED) is 0.598. The van der Waals surface area contributed by atoms with E-state index in [0.717, 1.165) is 21.3 Å². The molecule has 0 unspecified atom stereocenters. The molecule has 0 atom stereocenters. The number of rotatable bonds is 2. The maximum atomic E-state index is 5.38. The van der Waals surface area contributed by atoms with Gasteiger partial charge in [-0.1, -0.05) is 17.3 Å². The van der Waals surface area contributed by atoms with Crippen LogP contribution in [0.2, 0.25) is 0 Å². The first-order valence-electron chi connectivity index (χ1n) is 5.86. The summed E-state index contributed by atoms with van der Waals surface area (Å²) in [5.41, 5.74) is 2.02. The number of thiophene rings is 1. The zero-order valence-corrected chi connectivity index (χ0v) is 10.6. The molecule has 1 aromatic carbocycles. The van der Waals surface area contributed by atoms with Crippen LogP contribution in [0.5, 0.6) is 0 Å². The average molecular weight is 267 g/mol. The molecule has 0 aliphatic heterocycles. The van der Waals surface area contributed by atoms with E-state index in [1.54, 1.807) is 11.3 Å². The van der Waals surface area contributed by atoms with E-state index in [0.29, 0.717) is 11.7 Å². The molecule has 4 rings (SSSR count). The largest absolute Gasteiger partial charge is 0.361 e. The Kier molecular flexibility index (Phi) is 2.25. The van der Waals surface area contributed by atoms with E-state index in [1.165, 1.54) is 0 Å². The fraction of sp³-hybridized carbons (Fsp3) is 0. The predicted molar refractivity (Wildman–Crippen MR) is 74.9 cm³/mol. The van der Waals surface area contributed by atoms with Crippen molar-refractivity contribution >= 4 is 22.2 Å². The molecule has 0 saturated carbocycles. The minimum Gasteiger partial charge on any atom is -0.361 e. The molecule has 1 N–H and O–H groups in total. The Morgan fingerprint density at radius 1 is 1.11 bits per heavy atom. The Labute approximate surface area is 112 Å². The lowest BCUT2D eigenvalue weighted by Crippen LogP contribution is -1.79. The van der Waals surface area contributed by atoms with E-state index in [2.05, 4.69) is 15.1 Å². The Hall–Kier alpha value is -2.40. The fourth-order valence-corrected chi connectivity index (χ4v) is 2.76. The molecule has 4 aromatic rings. The molecule has 0 amide bonds. The van der Waals surface area contributed by atoms with Crippen molar-refractivity contribution in [3.05, 3.63) is 48.0 Å². The van der Waals surface area contributed by atoms with Gasteiger partial charge >= 0.3 is 0 Å². The summed E-state index contributed by atoms with van der Waals surface area (Å²) in [6.07, 6.45) is 1.91. The van der Waals surface area contributed by atoms with Crippen LogP contribution in [0.4, 0.5) is 0 Å².